The second-order valence-electron chi connectivity index (χ2n) is 4.54. The highest BCUT2D eigenvalue weighted by Crippen LogP contribution is 2.22. The standard InChI is InChI=1S/C17H13N3O/c1-3-12-9-10-14-15(11-12)20(13-7-5-4-6-8-13)17(21)19-16(14)18-2/h1,4-11H,2H3,(H,18,19,21). The van der Waals surface area contributed by atoms with Gasteiger partial charge in [-0.15, -0.1) is 6.42 Å². The quantitative estimate of drug-likeness (QED) is 0.731. The highest BCUT2D eigenvalue weighted by molar-refractivity contribution is 5.91. The van der Waals surface area contributed by atoms with Crippen LogP contribution in [0.25, 0.3) is 16.6 Å². The first-order valence-electron chi connectivity index (χ1n) is 6.51. The molecule has 1 aromatic heterocycles. The van der Waals surface area contributed by atoms with Crippen LogP contribution in [0, 0.1) is 12.3 Å². The molecule has 3 rings (SSSR count). The summed E-state index contributed by atoms with van der Waals surface area (Å²) in [6.45, 7) is 0. The number of hydrogen-bond donors (Lipinski definition) is 1. The van der Waals surface area contributed by atoms with Gasteiger partial charge in [-0.25, -0.2) is 4.79 Å². The predicted octanol–water partition coefficient (Wildman–Crippen LogP) is 2.41. The van der Waals surface area contributed by atoms with Gasteiger partial charge in [-0.05, 0) is 30.3 Å². The van der Waals surface area contributed by atoms with Crippen molar-refractivity contribution < 1.29 is 0 Å². The van der Waals surface area contributed by atoms with Crippen molar-refractivity contribution in [2.75, 3.05) is 12.4 Å². The van der Waals surface area contributed by atoms with Crippen LogP contribution in [-0.2, 0) is 0 Å². The fraction of sp³-hybridized carbons (Fsp3) is 0.0588. The van der Waals surface area contributed by atoms with E-state index in [2.05, 4.69) is 16.2 Å². The first kappa shape index (κ1) is 12.9. The van der Waals surface area contributed by atoms with Crippen LogP contribution in [0.1, 0.15) is 5.56 Å². The Balaban J connectivity index is 2.46. The number of terminal acetylenes is 1. The monoisotopic (exact) mass is 275 g/mol. The molecule has 0 unspecified atom stereocenters. The molecule has 1 heterocycles. The molecule has 102 valence electrons. The van der Waals surface area contributed by atoms with Gasteiger partial charge in [-0.1, -0.05) is 24.1 Å². The average Bonchev–Trinajstić information content (AvgIpc) is 2.54. The number of aromatic nitrogens is 2. The van der Waals surface area contributed by atoms with Crippen LogP contribution in [0.2, 0.25) is 0 Å². The van der Waals surface area contributed by atoms with Crippen molar-refractivity contribution in [2.24, 2.45) is 0 Å². The van der Waals surface area contributed by atoms with Crippen LogP contribution in [0.15, 0.2) is 53.3 Å². The van der Waals surface area contributed by atoms with Gasteiger partial charge in [0.1, 0.15) is 5.82 Å². The average molecular weight is 275 g/mol. The molecule has 0 amide bonds. The number of anilines is 1. The zero-order chi connectivity index (χ0) is 14.8. The zero-order valence-electron chi connectivity index (χ0n) is 11.5. The minimum atomic E-state index is -0.341. The van der Waals surface area contributed by atoms with Crippen LogP contribution >= 0.6 is 0 Å². The maximum Gasteiger partial charge on any atom is 0.354 e. The molecule has 0 aliphatic carbocycles. The third-order valence-corrected chi connectivity index (χ3v) is 3.31. The molecule has 0 spiro atoms. The molecule has 0 aliphatic rings. The van der Waals surface area contributed by atoms with Gasteiger partial charge in [0, 0.05) is 18.0 Å². The summed E-state index contributed by atoms with van der Waals surface area (Å²) in [5, 5.41) is 3.80. The summed E-state index contributed by atoms with van der Waals surface area (Å²) in [5.41, 5.74) is 1.88. The van der Waals surface area contributed by atoms with Gasteiger partial charge in [0.25, 0.3) is 0 Å². The molecule has 0 atom stereocenters. The molecule has 2 aromatic carbocycles. The van der Waals surface area contributed by atoms with Crippen molar-refractivity contribution in [1.29, 1.82) is 0 Å². The summed E-state index contributed by atoms with van der Waals surface area (Å²) in [7, 11) is 1.74. The SMILES string of the molecule is C#Cc1ccc2c(NC)nc(=O)n(-c3ccccc3)c2c1. The van der Waals surface area contributed by atoms with Gasteiger partial charge in [0.15, 0.2) is 0 Å². The minimum Gasteiger partial charge on any atom is -0.372 e. The molecule has 4 heteroatoms. The van der Waals surface area contributed by atoms with E-state index in [9.17, 15) is 4.79 Å². The van der Waals surface area contributed by atoms with Crippen LogP contribution in [0.4, 0.5) is 5.82 Å². The predicted molar refractivity (Wildman–Crippen MR) is 84.8 cm³/mol. The van der Waals surface area contributed by atoms with Gasteiger partial charge >= 0.3 is 5.69 Å². The second kappa shape index (κ2) is 5.14. The van der Waals surface area contributed by atoms with E-state index < -0.39 is 0 Å². The van der Waals surface area contributed by atoms with Gasteiger partial charge in [0.05, 0.1) is 11.2 Å². The van der Waals surface area contributed by atoms with E-state index in [0.717, 1.165) is 22.2 Å². The van der Waals surface area contributed by atoms with Crippen LogP contribution in [0.3, 0.4) is 0 Å². The summed E-state index contributed by atoms with van der Waals surface area (Å²) in [6.07, 6.45) is 5.47. The number of benzene rings is 2. The first-order valence-corrected chi connectivity index (χ1v) is 6.51. The Morgan fingerprint density at radius 1 is 1.19 bits per heavy atom. The van der Waals surface area contributed by atoms with Crippen LogP contribution in [-0.4, -0.2) is 16.6 Å². The Hall–Kier alpha value is -3.06. The van der Waals surface area contributed by atoms with Gasteiger partial charge in [0.2, 0.25) is 0 Å². The number of fused-ring (bicyclic) bond motifs is 1. The Morgan fingerprint density at radius 3 is 2.62 bits per heavy atom. The lowest BCUT2D eigenvalue weighted by molar-refractivity contribution is 0.961. The molecule has 0 bridgehead atoms. The second-order valence-corrected chi connectivity index (χ2v) is 4.54. The fourth-order valence-electron chi connectivity index (χ4n) is 2.33. The van der Waals surface area contributed by atoms with E-state index in [0.29, 0.717) is 5.82 Å². The Bertz CT molecular complexity index is 905. The lowest BCUT2D eigenvalue weighted by atomic mass is 10.1. The van der Waals surface area contributed by atoms with E-state index in [-0.39, 0.29) is 5.69 Å². The van der Waals surface area contributed by atoms with Crippen LogP contribution < -0.4 is 11.0 Å². The van der Waals surface area contributed by atoms with Crippen molar-refractivity contribution in [1.82, 2.24) is 9.55 Å². The van der Waals surface area contributed by atoms with Gasteiger partial charge in [-0.3, -0.25) is 4.57 Å². The number of rotatable bonds is 2. The van der Waals surface area contributed by atoms with Gasteiger partial charge < -0.3 is 5.32 Å². The van der Waals surface area contributed by atoms with E-state index >= 15 is 0 Å². The number of nitrogens with zero attached hydrogens (tertiary/aromatic N) is 2. The molecule has 1 N–H and O–H groups in total. The van der Waals surface area contributed by atoms with Crippen molar-refractivity contribution in [2.45, 2.75) is 0 Å². The molecule has 4 nitrogen and oxygen atoms in total. The Kier molecular flexibility index (Phi) is 3.17. The minimum absolute atomic E-state index is 0.341. The number of para-hydroxylation sites is 1. The smallest absolute Gasteiger partial charge is 0.354 e. The lowest BCUT2D eigenvalue weighted by Gasteiger charge is -2.12. The summed E-state index contributed by atoms with van der Waals surface area (Å²) in [6, 6.07) is 14.9. The molecule has 0 saturated heterocycles. The highest BCUT2D eigenvalue weighted by Gasteiger charge is 2.11. The summed E-state index contributed by atoms with van der Waals surface area (Å²) in [4.78, 5) is 16.5. The van der Waals surface area contributed by atoms with Crippen molar-refractivity contribution in [3.05, 3.63) is 64.6 Å². The third kappa shape index (κ3) is 2.15. The molecule has 3 aromatic rings. The lowest BCUT2D eigenvalue weighted by Crippen LogP contribution is -2.23. The fourth-order valence-corrected chi connectivity index (χ4v) is 2.33. The Morgan fingerprint density at radius 2 is 1.95 bits per heavy atom. The third-order valence-electron chi connectivity index (χ3n) is 3.31. The number of hydrogen-bond acceptors (Lipinski definition) is 3. The van der Waals surface area contributed by atoms with Crippen LogP contribution in [0.5, 0.6) is 0 Å². The molecule has 21 heavy (non-hydrogen) atoms. The highest BCUT2D eigenvalue weighted by atomic mass is 16.1. The summed E-state index contributed by atoms with van der Waals surface area (Å²) in [5.74, 6) is 3.15. The topological polar surface area (TPSA) is 46.9 Å². The molecular formula is C17H13N3O. The first-order chi connectivity index (χ1) is 10.2. The van der Waals surface area contributed by atoms with E-state index in [4.69, 9.17) is 6.42 Å². The van der Waals surface area contributed by atoms with E-state index in [1.165, 1.54) is 0 Å². The maximum absolute atomic E-state index is 12.4. The van der Waals surface area contributed by atoms with Crippen molar-refractivity contribution in [3.8, 4) is 18.0 Å². The van der Waals surface area contributed by atoms with Crippen molar-refractivity contribution >= 4 is 16.7 Å². The molecule has 0 radical (unpaired) electrons. The number of nitrogens with one attached hydrogen (secondary N) is 1. The summed E-state index contributed by atoms with van der Waals surface area (Å²) < 4.78 is 1.57. The molecule has 0 saturated carbocycles. The van der Waals surface area contributed by atoms with Gasteiger partial charge in [-0.2, -0.15) is 4.98 Å². The maximum atomic E-state index is 12.4. The molecule has 0 aliphatic heterocycles. The summed E-state index contributed by atoms with van der Waals surface area (Å²) >= 11 is 0. The molecule has 0 fully saturated rings. The molecular weight excluding hydrogens is 262 g/mol. The van der Waals surface area contributed by atoms with Crippen molar-refractivity contribution in [3.63, 3.8) is 0 Å². The normalized spacial score (nSPS) is 10.3. The van der Waals surface area contributed by atoms with E-state index in [1.807, 2.05) is 48.5 Å². The van der Waals surface area contributed by atoms with E-state index in [1.54, 1.807) is 11.6 Å². The largest absolute Gasteiger partial charge is 0.372 e. The zero-order valence-corrected chi connectivity index (χ0v) is 11.5. The Labute approximate surface area is 122 Å².